The minimum atomic E-state index is -0.498. The van der Waals surface area contributed by atoms with Crippen molar-refractivity contribution in [1.29, 1.82) is 0 Å². The van der Waals surface area contributed by atoms with Crippen molar-refractivity contribution in [3.8, 4) is 11.3 Å². The van der Waals surface area contributed by atoms with E-state index < -0.39 is 5.91 Å². The summed E-state index contributed by atoms with van der Waals surface area (Å²) in [5.74, 6) is -0.0381. The van der Waals surface area contributed by atoms with Crippen LogP contribution in [-0.2, 0) is 0 Å². The van der Waals surface area contributed by atoms with Crippen LogP contribution in [0, 0.1) is 0 Å². The number of benzene rings is 3. The monoisotopic (exact) mass is 515 g/mol. The van der Waals surface area contributed by atoms with E-state index >= 15 is 0 Å². The number of amides is 2. The standard InChI is InChI=1S/C27H18ClN3O4S/c28-18-10-8-16(9-11-18)22-12-13-23(34-22)25(32)31-27(36)30-20-6-3-5-19(15-20)29-26(33)24-14-17-4-1-2-7-21(17)35-24/h1-15H,(H,29,33)(H2,30,31,32,36). The van der Waals surface area contributed by atoms with Crippen LogP contribution in [0.2, 0.25) is 5.02 Å². The predicted octanol–water partition coefficient (Wildman–Crippen LogP) is 6.73. The summed E-state index contributed by atoms with van der Waals surface area (Å²) < 4.78 is 11.3. The minimum absolute atomic E-state index is 0.0743. The first-order valence-electron chi connectivity index (χ1n) is 10.8. The van der Waals surface area contributed by atoms with Crippen molar-refractivity contribution in [2.45, 2.75) is 0 Å². The van der Waals surface area contributed by atoms with Crippen molar-refractivity contribution in [3.05, 3.63) is 108 Å². The minimum Gasteiger partial charge on any atom is -0.451 e. The van der Waals surface area contributed by atoms with Crippen molar-refractivity contribution in [2.24, 2.45) is 0 Å². The zero-order chi connectivity index (χ0) is 25.1. The SMILES string of the molecule is O=C(NC(=S)Nc1cccc(NC(=O)c2cc3ccccc3o2)c1)c1ccc(-c2ccc(Cl)cc2)o1. The number of halogens is 1. The summed E-state index contributed by atoms with van der Waals surface area (Å²) in [7, 11) is 0. The molecular formula is C27H18ClN3O4S. The van der Waals surface area contributed by atoms with E-state index in [1.807, 2.05) is 18.2 Å². The Labute approximate surface area is 216 Å². The second-order valence-corrected chi connectivity index (χ2v) is 8.61. The molecule has 178 valence electrons. The third-order valence-electron chi connectivity index (χ3n) is 5.21. The second kappa shape index (κ2) is 10.1. The number of hydrogen-bond acceptors (Lipinski definition) is 5. The maximum Gasteiger partial charge on any atom is 0.293 e. The van der Waals surface area contributed by atoms with Gasteiger partial charge in [-0.05, 0) is 78.9 Å². The fraction of sp³-hybridized carbons (Fsp3) is 0. The molecule has 0 unspecified atom stereocenters. The third kappa shape index (κ3) is 5.30. The summed E-state index contributed by atoms with van der Waals surface area (Å²) in [6.07, 6.45) is 0. The molecule has 0 aliphatic rings. The van der Waals surface area contributed by atoms with Gasteiger partial charge in [0.1, 0.15) is 11.3 Å². The van der Waals surface area contributed by atoms with E-state index in [0.29, 0.717) is 27.7 Å². The lowest BCUT2D eigenvalue weighted by molar-refractivity contribution is 0.0950. The average molecular weight is 516 g/mol. The van der Waals surface area contributed by atoms with E-state index in [-0.39, 0.29) is 22.5 Å². The Balaban J connectivity index is 1.20. The van der Waals surface area contributed by atoms with E-state index in [1.54, 1.807) is 72.8 Å². The first-order valence-corrected chi connectivity index (χ1v) is 11.6. The molecule has 0 fully saturated rings. The largest absolute Gasteiger partial charge is 0.451 e. The molecule has 0 bridgehead atoms. The summed E-state index contributed by atoms with van der Waals surface area (Å²) >= 11 is 11.2. The lowest BCUT2D eigenvalue weighted by Crippen LogP contribution is -2.33. The summed E-state index contributed by atoms with van der Waals surface area (Å²) in [4.78, 5) is 25.2. The summed E-state index contributed by atoms with van der Waals surface area (Å²) in [6, 6.07) is 26.3. The highest BCUT2D eigenvalue weighted by Crippen LogP contribution is 2.24. The van der Waals surface area contributed by atoms with Crippen molar-refractivity contribution in [3.63, 3.8) is 0 Å². The van der Waals surface area contributed by atoms with Crippen LogP contribution >= 0.6 is 23.8 Å². The van der Waals surface area contributed by atoms with Gasteiger partial charge in [-0.25, -0.2) is 0 Å². The fourth-order valence-corrected chi connectivity index (χ4v) is 3.85. The van der Waals surface area contributed by atoms with Gasteiger partial charge in [-0.2, -0.15) is 0 Å². The molecule has 7 nitrogen and oxygen atoms in total. The number of para-hydroxylation sites is 1. The first kappa shape index (κ1) is 23.3. The van der Waals surface area contributed by atoms with Gasteiger partial charge in [0.05, 0.1) is 0 Å². The molecule has 5 aromatic rings. The molecule has 0 atom stereocenters. The highest BCUT2D eigenvalue weighted by Gasteiger charge is 2.15. The van der Waals surface area contributed by atoms with Gasteiger partial charge in [0.25, 0.3) is 11.8 Å². The summed E-state index contributed by atoms with van der Waals surface area (Å²) in [6.45, 7) is 0. The van der Waals surface area contributed by atoms with Crippen LogP contribution in [0.15, 0.2) is 99.8 Å². The predicted molar refractivity (Wildman–Crippen MR) is 143 cm³/mol. The third-order valence-corrected chi connectivity index (χ3v) is 5.67. The molecule has 0 aliphatic heterocycles. The quantitative estimate of drug-likeness (QED) is 0.225. The Morgan fingerprint density at radius 3 is 2.25 bits per heavy atom. The van der Waals surface area contributed by atoms with E-state index in [9.17, 15) is 9.59 Å². The lowest BCUT2D eigenvalue weighted by atomic mass is 10.2. The second-order valence-electron chi connectivity index (χ2n) is 7.76. The molecule has 2 amide bonds. The van der Waals surface area contributed by atoms with Crippen molar-refractivity contribution in [1.82, 2.24) is 5.32 Å². The van der Waals surface area contributed by atoms with Gasteiger partial charge in [-0.15, -0.1) is 0 Å². The van der Waals surface area contributed by atoms with Crippen molar-refractivity contribution < 1.29 is 18.4 Å². The molecular weight excluding hydrogens is 498 g/mol. The van der Waals surface area contributed by atoms with E-state index in [4.69, 9.17) is 32.7 Å². The molecule has 5 rings (SSSR count). The molecule has 0 saturated carbocycles. The molecule has 3 aromatic carbocycles. The number of rotatable bonds is 5. The first-order chi connectivity index (χ1) is 17.4. The number of hydrogen-bond donors (Lipinski definition) is 3. The average Bonchev–Trinajstić information content (AvgIpc) is 3.52. The number of carbonyl (C=O) groups is 2. The van der Waals surface area contributed by atoms with Crippen molar-refractivity contribution >= 4 is 63.1 Å². The Kier molecular flexibility index (Phi) is 6.53. The molecule has 0 spiro atoms. The maximum atomic E-state index is 12.6. The van der Waals surface area contributed by atoms with Crippen LogP contribution < -0.4 is 16.0 Å². The normalized spacial score (nSPS) is 10.7. The van der Waals surface area contributed by atoms with E-state index in [1.165, 1.54) is 0 Å². The van der Waals surface area contributed by atoms with Crippen LogP contribution in [0.4, 0.5) is 11.4 Å². The molecule has 0 aliphatic carbocycles. The molecule has 0 radical (unpaired) electrons. The van der Waals surface area contributed by atoms with Gasteiger partial charge in [-0.1, -0.05) is 35.9 Å². The van der Waals surface area contributed by atoms with Crippen LogP contribution in [0.5, 0.6) is 0 Å². The summed E-state index contributed by atoms with van der Waals surface area (Å²) in [5.41, 5.74) is 2.53. The highest BCUT2D eigenvalue weighted by molar-refractivity contribution is 7.80. The number of carbonyl (C=O) groups excluding carboxylic acids is 2. The molecule has 2 aromatic heterocycles. The van der Waals surface area contributed by atoms with Gasteiger partial charge in [-0.3, -0.25) is 14.9 Å². The topological polar surface area (TPSA) is 96.5 Å². The molecule has 36 heavy (non-hydrogen) atoms. The Morgan fingerprint density at radius 1 is 0.722 bits per heavy atom. The van der Waals surface area contributed by atoms with Gasteiger partial charge >= 0.3 is 0 Å². The zero-order valence-electron chi connectivity index (χ0n) is 18.6. The van der Waals surface area contributed by atoms with Gasteiger partial charge < -0.3 is 19.5 Å². The fourth-order valence-electron chi connectivity index (χ4n) is 3.52. The Morgan fingerprint density at radius 2 is 1.47 bits per heavy atom. The van der Waals surface area contributed by atoms with Crippen molar-refractivity contribution in [2.75, 3.05) is 10.6 Å². The van der Waals surface area contributed by atoms with Crippen LogP contribution in [-0.4, -0.2) is 16.9 Å². The number of thiocarbonyl (C=S) groups is 1. The van der Waals surface area contributed by atoms with Crippen LogP contribution in [0.3, 0.4) is 0 Å². The molecule has 3 N–H and O–H groups in total. The molecule has 2 heterocycles. The maximum absolute atomic E-state index is 12.6. The Bertz CT molecular complexity index is 1560. The number of fused-ring (bicyclic) bond motifs is 1. The van der Waals surface area contributed by atoms with Crippen LogP contribution in [0.25, 0.3) is 22.3 Å². The smallest absolute Gasteiger partial charge is 0.293 e. The highest BCUT2D eigenvalue weighted by atomic mass is 35.5. The number of nitrogens with one attached hydrogen (secondary N) is 3. The lowest BCUT2D eigenvalue weighted by Gasteiger charge is -2.10. The molecule has 0 saturated heterocycles. The Hall–Kier alpha value is -4.40. The summed E-state index contributed by atoms with van der Waals surface area (Å²) in [5, 5.41) is 9.84. The molecule has 9 heteroatoms. The van der Waals surface area contributed by atoms with Crippen LogP contribution in [0.1, 0.15) is 21.1 Å². The van der Waals surface area contributed by atoms with Gasteiger partial charge in [0.2, 0.25) is 0 Å². The van der Waals surface area contributed by atoms with E-state index in [2.05, 4.69) is 16.0 Å². The number of anilines is 2. The van der Waals surface area contributed by atoms with Gasteiger partial charge in [0.15, 0.2) is 16.6 Å². The number of furan rings is 2. The van der Waals surface area contributed by atoms with Gasteiger partial charge in [0, 0.05) is 27.3 Å². The zero-order valence-corrected chi connectivity index (χ0v) is 20.2. The van der Waals surface area contributed by atoms with E-state index in [0.717, 1.165) is 10.9 Å².